The van der Waals surface area contributed by atoms with E-state index >= 15 is 0 Å². The number of hydrogen-bond donors (Lipinski definition) is 1. The highest BCUT2D eigenvalue weighted by atomic mass is 32.2. The van der Waals surface area contributed by atoms with Crippen LogP contribution < -0.4 is 4.72 Å². The van der Waals surface area contributed by atoms with Crippen molar-refractivity contribution in [2.75, 3.05) is 13.1 Å². The number of hydrogen-bond acceptors (Lipinski definition) is 6. The molecule has 23 heavy (non-hydrogen) atoms. The molecule has 0 aromatic carbocycles. The van der Waals surface area contributed by atoms with E-state index in [1.54, 1.807) is 6.92 Å². The molecule has 0 unspecified atom stereocenters. The molecule has 0 spiro atoms. The Kier molecular flexibility index (Phi) is 4.51. The number of furan rings is 1. The van der Waals surface area contributed by atoms with E-state index in [0.29, 0.717) is 30.4 Å². The van der Waals surface area contributed by atoms with Crippen LogP contribution in [0.5, 0.6) is 0 Å². The number of aromatic nitrogens is 2. The van der Waals surface area contributed by atoms with E-state index in [9.17, 15) is 8.42 Å². The Hall–Kier alpha value is -1.71. The minimum atomic E-state index is -3.58. The average Bonchev–Trinajstić information content (AvgIpc) is 3.19. The monoisotopic (exact) mass is 340 g/mol. The maximum atomic E-state index is 12.5. The third kappa shape index (κ3) is 3.62. The Morgan fingerprint density at radius 3 is 2.87 bits per heavy atom. The van der Waals surface area contributed by atoms with Crippen LogP contribution in [-0.2, 0) is 16.6 Å². The number of nitrogens with zero attached hydrogens (tertiary/aromatic N) is 3. The van der Waals surface area contributed by atoms with E-state index in [4.69, 9.17) is 8.94 Å². The zero-order valence-corrected chi connectivity index (χ0v) is 14.0. The van der Waals surface area contributed by atoms with Crippen LogP contribution in [-0.4, -0.2) is 36.0 Å². The second kappa shape index (κ2) is 6.42. The SMILES string of the molecule is Cc1noc(CCNS(=O)(=O)N2CCC[C@@H]2c2ccc(C)o2)n1. The molecule has 8 nitrogen and oxygen atoms in total. The van der Waals surface area contributed by atoms with Gasteiger partial charge in [-0.05, 0) is 38.8 Å². The lowest BCUT2D eigenvalue weighted by Gasteiger charge is -2.22. The summed E-state index contributed by atoms with van der Waals surface area (Å²) in [6.07, 6.45) is 1.93. The molecular weight excluding hydrogens is 320 g/mol. The van der Waals surface area contributed by atoms with Crippen LogP contribution >= 0.6 is 0 Å². The smallest absolute Gasteiger partial charge is 0.280 e. The highest BCUT2D eigenvalue weighted by molar-refractivity contribution is 7.87. The summed E-state index contributed by atoms with van der Waals surface area (Å²) in [4.78, 5) is 4.05. The minimum Gasteiger partial charge on any atom is -0.465 e. The fraction of sp³-hybridized carbons (Fsp3) is 0.571. The molecule has 9 heteroatoms. The van der Waals surface area contributed by atoms with E-state index in [-0.39, 0.29) is 12.6 Å². The molecular formula is C14H20N4O4S. The van der Waals surface area contributed by atoms with Gasteiger partial charge in [0.05, 0.1) is 6.04 Å². The molecule has 3 rings (SSSR count). The third-order valence-corrected chi connectivity index (χ3v) is 5.42. The van der Waals surface area contributed by atoms with Crippen molar-refractivity contribution in [1.29, 1.82) is 0 Å². The lowest BCUT2D eigenvalue weighted by Crippen LogP contribution is -2.41. The molecule has 1 fully saturated rings. The molecule has 3 heterocycles. The van der Waals surface area contributed by atoms with Crippen LogP contribution in [0.25, 0.3) is 0 Å². The van der Waals surface area contributed by atoms with Crippen LogP contribution in [0.1, 0.15) is 42.1 Å². The molecule has 0 saturated carbocycles. The van der Waals surface area contributed by atoms with E-state index in [1.165, 1.54) is 4.31 Å². The topological polar surface area (TPSA) is 101 Å². The molecule has 1 atom stereocenters. The Labute approximate surface area is 135 Å². The minimum absolute atomic E-state index is 0.213. The molecule has 1 aliphatic heterocycles. The van der Waals surface area contributed by atoms with E-state index in [1.807, 2.05) is 19.1 Å². The summed E-state index contributed by atoms with van der Waals surface area (Å²) in [7, 11) is -3.58. The predicted molar refractivity (Wildman–Crippen MR) is 81.8 cm³/mol. The van der Waals surface area contributed by atoms with Gasteiger partial charge in [0.25, 0.3) is 10.2 Å². The molecule has 2 aromatic heterocycles. The van der Waals surface area contributed by atoms with Crippen molar-refractivity contribution in [3.8, 4) is 0 Å². The van der Waals surface area contributed by atoms with E-state index in [0.717, 1.165) is 18.6 Å². The zero-order valence-electron chi connectivity index (χ0n) is 13.2. The molecule has 0 bridgehead atoms. The summed E-state index contributed by atoms with van der Waals surface area (Å²) in [5, 5.41) is 3.68. The predicted octanol–water partition coefficient (Wildman–Crippen LogP) is 1.49. The molecule has 0 radical (unpaired) electrons. The summed E-state index contributed by atoms with van der Waals surface area (Å²) in [6, 6.07) is 3.45. The van der Waals surface area contributed by atoms with Crippen molar-refractivity contribution < 1.29 is 17.4 Å². The summed E-state index contributed by atoms with van der Waals surface area (Å²) < 4.78 is 39.7. The second-order valence-corrected chi connectivity index (χ2v) is 7.31. The van der Waals surface area contributed by atoms with Crippen molar-refractivity contribution in [3.05, 3.63) is 35.4 Å². The van der Waals surface area contributed by atoms with Crippen LogP contribution in [0.15, 0.2) is 21.1 Å². The van der Waals surface area contributed by atoms with Crippen LogP contribution in [0.4, 0.5) is 0 Å². The van der Waals surface area contributed by atoms with Crippen molar-refractivity contribution >= 4 is 10.2 Å². The second-order valence-electron chi connectivity index (χ2n) is 5.60. The van der Waals surface area contributed by atoms with Gasteiger partial charge >= 0.3 is 0 Å². The largest absolute Gasteiger partial charge is 0.465 e. The summed E-state index contributed by atoms with van der Waals surface area (Å²) in [5.41, 5.74) is 0. The zero-order chi connectivity index (χ0) is 16.4. The Morgan fingerprint density at radius 1 is 1.39 bits per heavy atom. The van der Waals surface area contributed by atoms with Gasteiger partial charge in [0.1, 0.15) is 11.5 Å². The van der Waals surface area contributed by atoms with Crippen molar-refractivity contribution in [2.24, 2.45) is 0 Å². The first-order valence-electron chi connectivity index (χ1n) is 7.57. The first-order valence-corrected chi connectivity index (χ1v) is 9.02. The lowest BCUT2D eigenvalue weighted by molar-refractivity contribution is 0.329. The average molecular weight is 340 g/mol. The quantitative estimate of drug-likeness (QED) is 0.855. The normalized spacial score (nSPS) is 19.5. The molecule has 1 saturated heterocycles. The fourth-order valence-corrected chi connectivity index (χ4v) is 4.20. The van der Waals surface area contributed by atoms with Crippen LogP contribution in [0.3, 0.4) is 0 Å². The summed E-state index contributed by atoms with van der Waals surface area (Å²) >= 11 is 0. The number of rotatable bonds is 6. The first-order chi connectivity index (χ1) is 11.0. The molecule has 0 aliphatic carbocycles. The van der Waals surface area contributed by atoms with Crippen LogP contribution in [0.2, 0.25) is 0 Å². The van der Waals surface area contributed by atoms with Crippen molar-refractivity contribution in [2.45, 2.75) is 39.2 Å². The Balaban J connectivity index is 1.63. The summed E-state index contributed by atoms with van der Waals surface area (Å²) in [5.74, 6) is 2.43. The fourth-order valence-electron chi connectivity index (χ4n) is 2.76. The van der Waals surface area contributed by atoms with Gasteiger partial charge in [-0.15, -0.1) is 0 Å². The molecule has 126 valence electrons. The molecule has 2 aromatic rings. The number of aryl methyl sites for hydroxylation is 2. The maximum Gasteiger partial charge on any atom is 0.280 e. The molecule has 0 amide bonds. The van der Waals surface area contributed by atoms with Gasteiger partial charge in [0, 0.05) is 19.5 Å². The van der Waals surface area contributed by atoms with Gasteiger partial charge in [0.15, 0.2) is 5.82 Å². The van der Waals surface area contributed by atoms with Gasteiger partial charge < -0.3 is 8.94 Å². The maximum absolute atomic E-state index is 12.5. The van der Waals surface area contributed by atoms with E-state index in [2.05, 4.69) is 14.9 Å². The van der Waals surface area contributed by atoms with Crippen LogP contribution in [0, 0.1) is 13.8 Å². The standard InChI is InChI=1S/C14H20N4O4S/c1-10-5-6-13(21-10)12-4-3-9-18(12)23(19,20)15-8-7-14-16-11(2)17-22-14/h5-6,12,15H,3-4,7-9H2,1-2H3/t12-/m1/s1. The lowest BCUT2D eigenvalue weighted by atomic mass is 10.2. The highest BCUT2D eigenvalue weighted by Crippen LogP contribution is 2.34. The number of nitrogens with one attached hydrogen (secondary N) is 1. The third-order valence-electron chi connectivity index (χ3n) is 3.79. The molecule has 1 aliphatic rings. The van der Waals surface area contributed by atoms with Gasteiger partial charge in [-0.2, -0.15) is 17.7 Å². The first kappa shape index (κ1) is 16.2. The highest BCUT2D eigenvalue weighted by Gasteiger charge is 2.36. The Bertz CT molecular complexity index is 767. The Morgan fingerprint density at radius 2 is 2.22 bits per heavy atom. The van der Waals surface area contributed by atoms with Gasteiger partial charge in [0.2, 0.25) is 5.89 Å². The molecule has 1 N–H and O–H groups in total. The van der Waals surface area contributed by atoms with Gasteiger partial charge in [-0.3, -0.25) is 0 Å². The van der Waals surface area contributed by atoms with Crippen molar-refractivity contribution in [1.82, 2.24) is 19.2 Å². The van der Waals surface area contributed by atoms with Crippen molar-refractivity contribution in [3.63, 3.8) is 0 Å². The summed E-state index contributed by atoms with van der Waals surface area (Å²) in [6.45, 7) is 4.27. The van der Waals surface area contributed by atoms with Gasteiger partial charge in [-0.1, -0.05) is 5.16 Å². The van der Waals surface area contributed by atoms with Gasteiger partial charge in [-0.25, -0.2) is 4.72 Å². The van der Waals surface area contributed by atoms with E-state index < -0.39 is 10.2 Å².